The molecule has 0 saturated carbocycles. The second-order valence-electron chi connectivity index (χ2n) is 8.00. The van der Waals surface area contributed by atoms with Crippen LogP contribution in [0.2, 0.25) is 0 Å². The first kappa shape index (κ1) is 26.5. The normalized spacial score (nSPS) is 15.4. The highest BCUT2D eigenvalue weighted by Crippen LogP contribution is 2.31. The molecule has 2 aromatic rings. The summed E-state index contributed by atoms with van der Waals surface area (Å²) < 4.78 is 62.5. The van der Waals surface area contributed by atoms with Crippen LogP contribution in [0.4, 0.5) is 17.6 Å². The number of carbonyl (C=O) groups excluding carboxylic acids is 1. The second kappa shape index (κ2) is 12.0. The number of hydrogen-bond donors (Lipinski definition) is 1. The quantitative estimate of drug-likeness (QED) is 0.289. The number of hydrogen-bond acceptors (Lipinski definition) is 4. The zero-order valence-corrected chi connectivity index (χ0v) is 18.6. The average Bonchev–Trinajstić information content (AvgIpc) is 2.77. The molecule has 0 fully saturated rings. The number of esters is 1. The standard InChI is InChI=1S/C25H29F4NO3/c1-4-19(13-17-5-9-20(10-6-17)25(27,28)29)22(14-18-7-11-21(26)12-8-18)16(2)33-24(31)23(30)15-32-3/h4-12,16,19,22-23H,1,13-15,30H2,2-3H3/t16-,19+,22-,23-/m0/s1. The zero-order chi connectivity index (χ0) is 24.6. The van der Waals surface area contributed by atoms with Gasteiger partial charge in [0.05, 0.1) is 12.2 Å². The van der Waals surface area contributed by atoms with Crippen LogP contribution in [0.25, 0.3) is 0 Å². The van der Waals surface area contributed by atoms with Gasteiger partial charge in [-0.25, -0.2) is 4.39 Å². The molecule has 180 valence electrons. The highest BCUT2D eigenvalue weighted by atomic mass is 19.4. The Bertz CT molecular complexity index is 897. The van der Waals surface area contributed by atoms with Crippen molar-refractivity contribution in [3.8, 4) is 0 Å². The highest BCUT2D eigenvalue weighted by molar-refractivity contribution is 5.75. The molecule has 0 radical (unpaired) electrons. The van der Waals surface area contributed by atoms with Gasteiger partial charge in [0, 0.05) is 13.0 Å². The third kappa shape index (κ3) is 7.98. The maximum absolute atomic E-state index is 13.4. The number of halogens is 4. The van der Waals surface area contributed by atoms with E-state index in [-0.39, 0.29) is 24.3 Å². The van der Waals surface area contributed by atoms with Crippen molar-refractivity contribution < 1.29 is 31.8 Å². The summed E-state index contributed by atoms with van der Waals surface area (Å²) in [5.74, 6) is -1.52. The van der Waals surface area contributed by atoms with E-state index in [2.05, 4.69) is 6.58 Å². The molecule has 0 aromatic heterocycles. The Morgan fingerprint density at radius 2 is 1.61 bits per heavy atom. The van der Waals surface area contributed by atoms with Gasteiger partial charge in [-0.1, -0.05) is 30.3 Å². The molecule has 0 aliphatic carbocycles. The van der Waals surface area contributed by atoms with Crippen molar-refractivity contribution in [2.75, 3.05) is 13.7 Å². The SMILES string of the molecule is C=C[C@H](Cc1ccc(C(F)(F)F)cc1)[C@@H](Cc1ccc(F)cc1)[C@H](C)OC(=O)[C@@H](N)COC. The molecular formula is C25H29F4NO3. The zero-order valence-electron chi connectivity index (χ0n) is 18.6. The van der Waals surface area contributed by atoms with Crippen LogP contribution in [-0.4, -0.2) is 31.8 Å². The van der Waals surface area contributed by atoms with Crippen LogP contribution in [0.5, 0.6) is 0 Å². The molecule has 0 aliphatic rings. The van der Waals surface area contributed by atoms with E-state index in [1.807, 2.05) is 0 Å². The molecule has 4 atom stereocenters. The van der Waals surface area contributed by atoms with Crippen molar-refractivity contribution in [1.29, 1.82) is 0 Å². The predicted octanol–water partition coefficient (Wildman–Crippen LogP) is 4.95. The highest BCUT2D eigenvalue weighted by Gasteiger charge is 2.32. The van der Waals surface area contributed by atoms with Gasteiger partial charge in [0.15, 0.2) is 0 Å². The summed E-state index contributed by atoms with van der Waals surface area (Å²) in [6.45, 7) is 5.63. The molecule has 0 aliphatic heterocycles. The van der Waals surface area contributed by atoms with Crippen LogP contribution in [-0.2, 0) is 33.3 Å². The maximum Gasteiger partial charge on any atom is 0.416 e. The predicted molar refractivity (Wildman–Crippen MR) is 118 cm³/mol. The van der Waals surface area contributed by atoms with Crippen molar-refractivity contribution in [3.05, 3.63) is 83.7 Å². The number of methoxy groups -OCH3 is 1. The second-order valence-corrected chi connectivity index (χ2v) is 8.00. The molecule has 8 heteroatoms. The molecule has 0 saturated heterocycles. The molecule has 0 unspecified atom stereocenters. The van der Waals surface area contributed by atoms with Crippen LogP contribution < -0.4 is 5.73 Å². The molecule has 0 spiro atoms. The molecule has 2 aromatic carbocycles. The fourth-order valence-corrected chi connectivity index (χ4v) is 3.68. The Hall–Kier alpha value is -2.71. The number of benzene rings is 2. The lowest BCUT2D eigenvalue weighted by molar-refractivity contribution is -0.154. The number of nitrogens with two attached hydrogens (primary N) is 1. The van der Waals surface area contributed by atoms with Crippen molar-refractivity contribution in [2.24, 2.45) is 17.6 Å². The molecular weight excluding hydrogens is 438 g/mol. The lowest BCUT2D eigenvalue weighted by atomic mass is 9.79. The monoisotopic (exact) mass is 467 g/mol. The van der Waals surface area contributed by atoms with Gasteiger partial charge in [0.2, 0.25) is 0 Å². The van der Waals surface area contributed by atoms with Crippen LogP contribution in [0.1, 0.15) is 23.6 Å². The van der Waals surface area contributed by atoms with E-state index in [0.29, 0.717) is 18.4 Å². The van der Waals surface area contributed by atoms with Gasteiger partial charge in [-0.3, -0.25) is 4.79 Å². The van der Waals surface area contributed by atoms with E-state index in [0.717, 1.165) is 17.7 Å². The Labute approximate surface area is 191 Å². The number of alkyl halides is 3. The van der Waals surface area contributed by atoms with Gasteiger partial charge in [0.1, 0.15) is 18.0 Å². The summed E-state index contributed by atoms with van der Waals surface area (Å²) in [5, 5.41) is 0. The lowest BCUT2D eigenvalue weighted by Crippen LogP contribution is -2.41. The van der Waals surface area contributed by atoms with Gasteiger partial charge in [-0.15, -0.1) is 6.58 Å². The van der Waals surface area contributed by atoms with Crippen molar-refractivity contribution in [1.82, 2.24) is 0 Å². The number of rotatable bonds is 11. The largest absolute Gasteiger partial charge is 0.461 e. The van der Waals surface area contributed by atoms with Gasteiger partial charge in [-0.2, -0.15) is 13.2 Å². The molecule has 4 nitrogen and oxygen atoms in total. The Balaban J connectivity index is 2.25. The van der Waals surface area contributed by atoms with Crippen LogP contribution in [0.3, 0.4) is 0 Å². The van der Waals surface area contributed by atoms with Crippen LogP contribution in [0, 0.1) is 17.7 Å². The minimum Gasteiger partial charge on any atom is -0.461 e. The third-order valence-corrected chi connectivity index (χ3v) is 5.54. The molecule has 0 heterocycles. The van der Waals surface area contributed by atoms with Gasteiger partial charge in [0.25, 0.3) is 0 Å². The molecule has 0 bridgehead atoms. The third-order valence-electron chi connectivity index (χ3n) is 5.54. The van der Waals surface area contributed by atoms with E-state index < -0.39 is 29.9 Å². The maximum atomic E-state index is 13.4. The van der Waals surface area contributed by atoms with Gasteiger partial charge in [-0.05, 0) is 61.1 Å². The van der Waals surface area contributed by atoms with E-state index in [4.69, 9.17) is 15.2 Å². The fourth-order valence-electron chi connectivity index (χ4n) is 3.68. The summed E-state index contributed by atoms with van der Waals surface area (Å²) in [6, 6.07) is 9.97. The van der Waals surface area contributed by atoms with E-state index in [1.165, 1.54) is 31.4 Å². The number of ether oxygens (including phenoxy) is 2. The van der Waals surface area contributed by atoms with E-state index >= 15 is 0 Å². The summed E-state index contributed by atoms with van der Waals surface area (Å²) >= 11 is 0. The first-order valence-corrected chi connectivity index (χ1v) is 10.5. The first-order chi connectivity index (χ1) is 15.5. The summed E-state index contributed by atoms with van der Waals surface area (Å²) in [7, 11) is 1.42. The average molecular weight is 468 g/mol. The summed E-state index contributed by atoms with van der Waals surface area (Å²) in [6.07, 6.45) is -2.48. The van der Waals surface area contributed by atoms with Crippen LogP contribution >= 0.6 is 0 Å². The fraction of sp³-hybridized carbons (Fsp3) is 0.400. The molecule has 2 N–H and O–H groups in total. The van der Waals surface area contributed by atoms with Gasteiger partial charge < -0.3 is 15.2 Å². The summed E-state index contributed by atoms with van der Waals surface area (Å²) in [4.78, 5) is 12.3. The number of allylic oxidation sites excluding steroid dienone is 1. The summed E-state index contributed by atoms with van der Waals surface area (Å²) in [5.41, 5.74) is 6.56. The first-order valence-electron chi connectivity index (χ1n) is 10.5. The Morgan fingerprint density at radius 3 is 2.12 bits per heavy atom. The Kier molecular flexibility index (Phi) is 9.61. The van der Waals surface area contributed by atoms with E-state index in [9.17, 15) is 22.4 Å². The van der Waals surface area contributed by atoms with Crippen molar-refractivity contribution in [3.63, 3.8) is 0 Å². The minimum atomic E-state index is -4.41. The smallest absolute Gasteiger partial charge is 0.416 e. The molecule has 33 heavy (non-hydrogen) atoms. The lowest BCUT2D eigenvalue weighted by Gasteiger charge is -2.31. The topological polar surface area (TPSA) is 61.5 Å². The van der Waals surface area contributed by atoms with Crippen molar-refractivity contribution in [2.45, 2.75) is 38.1 Å². The number of carbonyl (C=O) groups is 1. The van der Waals surface area contributed by atoms with E-state index in [1.54, 1.807) is 25.1 Å². The minimum absolute atomic E-state index is 0.00459. The van der Waals surface area contributed by atoms with Gasteiger partial charge >= 0.3 is 12.1 Å². The van der Waals surface area contributed by atoms with Crippen LogP contribution in [0.15, 0.2) is 61.2 Å². The Morgan fingerprint density at radius 1 is 1.06 bits per heavy atom. The molecule has 0 amide bonds. The molecule has 2 rings (SSSR count). The van der Waals surface area contributed by atoms with Crippen molar-refractivity contribution >= 4 is 5.97 Å².